The number of rotatable bonds is 4. The molecule has 3 aromatic heterocycles. The van der Waals surface area contributed by atoms with Crippen LogP contribution in [0.15, 0.2) is 67.1 Å². The zero-order valence-electron chi connectivity index (χ0n) is 17.7. The summed E-state index contributed by atoms with van der Waals surface area (Å²) >= 11 is 0. The third-order valence-corrected chi connectivity index (χ3v) is 6.33. The maximum absolute atomic E-state index is 12.8. The molecule has 5 rings (SSSR count). The molecule has 4 aromatic rings. The summed E-state index contributed by atoms with van der Waals surface area (Å²) in [5.74, 6) is -0.428. The van der Waals surface area contributed by atoms with Crippen LogP contribution in [0.3, 0.4) is 0 Å². The molecule has 1 aliphatic rings. The van der Waals surface area contributed by atoms with E-state index in [2.05, 4.69) is 22.3 Å². The molecule has 1 fully saturated rings. The van der Waals surface area contributed by atoms with E-state index in [1.165, 1.54) is 12.7 Å². The molecule has 0 saturated carbocycles. The van der Waals surface area contributed by atoms with Gasteiger partial charge < -0.3 is 14.0 Å². The van der Waals surface area contributed by atoms with Gasteiger partial charge in [-0.25, -0.2) is 9.78 Å². The van der Waals surface area contributed by atoms with E-state index in [0.29, 0.717) is 30.0 Å². The van der Waals surface area contributed by atoms with Crippen molar-refractivity contribution in [2.75, 3.05) is 20.2 Å². The highest BCUT2D eigenvalue weighted by atomic mass is 16.5. The third kappa shape index (κ3) is 3.33. The Kier molecular flexibility index (Phi) is 4.97. The number of esters is 1. The van der Waals surface area contributed by atoms with Gasteiger partial charge in [-0.3, -0.25) is 9.89 Å². The van der Waals surface area contributed by atoms with Crippen molar-refractivity contribution in [3.63, 3.8) is 0 Å². The predicted molar refractivity (Wildman–Crippen MR) is 117 cm³/mol. The highest BCUT2D eigenvalue weighted by molar-refractivity contribution is 5.92. The number of methoxy groups -OCH3 is 1. The monoisotopic (exact) mass is 429 g/mol. The lowest BCUT2D eigenvalue weighted by Crippen LogP contribution is -2.46. The number of carbonyl (C=O) groups is 2. The molecular formula is C24H23N5O3. The fourth-order valence-electron chi connectivity index (χ4n) is 4.54. The van der Waals surface area contributed by atoms with Crippen molar-refractivity contribution < 1.29 is 14.3 Å². The molecule has 0 atom stereocenters. The van der Waals surface area contributed by atoms with Crippen LogP contribution in [0.5, 0.6) is 0 Å². The van der Waals surface area contributed by atoms with Gasteiger partial charge in [-0.1, -0.05) is 30.3 Å². The number of benzene rings is 1. The second-order valence-electron chi connectivity index (χ2n) is 8.01. The van der Waals surface area contributed by atoms with E-state index < -0.39 is 0 Å². The van der Waals surface area contributed by atoms with Gasteiger partial charge in [0.25, 0.3) is 5.91 Å². The minimum atomic E-state index is -0.388. The lowest BCUT2D eigenvalue weighted by molar-refractivity contribution is 0.0600. The minimum Gasteiger partial charge on any atom is -0.465 e. The number of aromatic nitrogens is 4. The van der Waals surface area contributed by atoms with Gasteiger partial charge in [0.15, 0.2) is 0 Å². The first-order chi connectivity index (χ1) is 15.6. The summed E-state index contributed by atoms with van der Waals surface area (Å²) in [7, 11) is 1.37. The number of carbonyl (C=O) groups excluding carboxylic acids is 2. The maximum atomic E-state index is 12.8. The molecule has 0 aliphatic carbocycles. The zero-order chi connectivity index (χ0) is 22.1. The standard InChI is InChI=1S/C24H23N5O3/c1-32-23(31)17-8-12-29-16-20(26-21(29)15-17)24(18-5-3-2-4-6-18)9-13-28(14-10-24)22(30)19-7-11-25-27-19/h2-8,11-12,15-16H,9-10,13-14H2,1H3,(H,25,27). The van der Waals surface area contributed by atoms with Crippen LogP contribution in [0.1, 0.15) is 44.9 Å². The Balaban J connectivity index is 1.51. The molecule has 0 spiro atoms. The van der Waals surface area contributed by atoms with Crippen molar-refractivity contribution in [3.05, 3.63) is 89.6 Å². The number of hydrogen-bond donors (Lipinski definition) is 1. The number of amides is 1. The summed E-state index contributed by atoms with van der Waals surface area (Å²) < 4.78 is 6.77. The van der Waals surface area contributed by atoms with Gasteiger partial charge in [0, 0.05) is 37.1 Å². The van der Waals surface area contributed by atoms with E-state index in [-0.39, 0.29) is 17.3 Å². The summed E-state index contributed by atoms with van der Waals surface area (Å²) in [5, 5.41) is 6.65. The number of H-pyrrole nitrogens is 1. The molecule has 1 amide bonds. The van der Waals surface area contributed by atoms with Crippen LogP contribution in [-0.4, -0.2) is 56.6 Å². The predicted octanol–water partition coefficient (Wildman–Crippen LogP) is 3.07. The van der Waals surface area contributed by atoms with Crippen LogP contribution in [0.25, 0.3) is 5.65 Å². The number of pyridine rings is 1. The van der Waals surface area contributed by atoms with Gasteiger partial charge in [-0.2, -0.15) is 5.10 Å². The Morgan fingerprint density at radius 2 is 1.88 bits per heavy atom. The summed E-state index contributed by atoms with van der Waals surface area (Å²) in [6.45, 7) is 1.21. The Labute approximate surface area is 184 Å². The average molecular weight is 429 g/mol. The van der Waals surface area contributed by atoms with Crippen LogP contribution in [0.4, 0.5) is 0 Å². The molecule has 0 bridgehead atoms. The molecule has 162 valence electrons. The van der Waals surface area contributed by atoms with Crippen molar-refractivity contribution in [1.29, 1.82) is 0 Å². The first-order valence-corrected chi connectivity index (χ1v) is 10.5. The van der Waals surface area contributed by atoms with E-state index in [1.807, 2.05) is 39.9 Å². The number of nitrogens with zero attached hydrogens (tertiary/aromatic N) is 4. The summed E-state index contributed by atoms with van der Waals surface area (Å²) in [5.41, 5.74) is 3.42. The molecule has 0 radical (unpaired) electrons. The SMILES string of the molecule is COC(=O)c1ccn2cc(C3(c4ccccc4)CCN(C(=O)c4ccn[nH]4)CC3)nc2c1. The number of fused-ring (bicyclic) bond motifs is 1. The normalized spacial score (nSPS) is 15.6. The molecule has 1 aromatic carbocycles. The first-order valence-electron chi connectivity index (χ1n) is 10.5. The second-order valence-corrected chi connectivity index (χ2v) is 8.01. The number of likely N-dealkylation sites (tertiary alicyclic amines) is 1. The number of nitrogens with one attached hydrogen (secondary N) is 1. The van der Waals surface area contributed by atoms with Crippen LogP contribution in [0.2, 0.25) is 0 Å². The minimum absolute atomic E-state index is 0.0399. The first kappa shape index (κ1) is 20.0. The van der Waals surface area contributed by atoms with Crippen molar-refractivity contribution in [3.8, 4) is 0 Å². The molecule has 4 heterocycles. The molecule has 8 nitrogen and oxygen atoms in total. The Morgan fingerprint density at radius 3 is 2.56 bits per heavy atom. The number of ether oxygens (including phenoxy) is 1. The van der Waals surface area contributed by atoms with E-state index in [9.17, 15) is 9.59 Å². The molecule has 0 unspecified atom stereocenters. The third-order valence-electron chi connectivity index (χ3n) is 6.33. The topological polar surface area (TPSA) is 92.6 Å². The highest BCUT2D eigenvalue weighted by Gasteiger charge is 2.41. The van der Waals surface area contributed by atoms with Gasteiger partial charge in [-0.05, 0) is 36.6 Å². The number of piperidine rings is 1. The number of aromatic amines is 1. The highest BCUT2D eigenvalue weighted by Crippen LogP contribution is 2.41. The lowest BCUT2D eigenvalue weighted by atomic mass is 9.70. The van der Waals surface area contributed by atoms with Crippen molar-refractivity contribution in [2.45, 2.75) is 18.3 Å². The summed E-state index contributed by atoms with van der Waals surface area (Å²) in [4.78, 5) is 31.5. The number of hydrogen-bond acceptors (Lipinski definition) is 5. The smallest absolute Gasteiger partial charge is 0.338 e. The van der Waals surface area contributed by atoms with E-state index in [1.54, 1.807) is 24.4 Å². The van der Waals surface area contributed by atoms with Crippen LogP contribution >= 0.6 is 0 Å². The fourth-order valence-corrected chi connectivity index (χ4v) is 4.54. The van der Waals surface area contributed by atoms with Gasteiger partial charge in [0.2, 0.25) is 0 Å². The number of imidazole rings is 1. The maximum Gasteiger partial charge on any atom is 0.338 e. The molecule has 1 N–H and O–H groups in total. The lowest BCUT2D eigenvalue weighted by Gasteiger charge is -2.41. The fraction of sp³-hybridized carbons (Fsp3) is 0.250. The summed E-state index contributed by atoms with van der Waals surface area (Å²) in [6.07, 6.45) is 6.92. The van der Waals surface area contributed by atoms with Crippen molar-refractivity contribution >= 4 is 17.5 Å². The molecule has 1 saturated heterocycles. The van der Waals surface area contributed by atoms with Crippen molar-refractivity contribution in [1.82, 2.24) is 24.5 Å². The largest absolute Gasteiger partial charge is 0.465 e. The van der Waals surface area contributed by atoms with E-state index in [4.69, 9.17) is 9.72 Å². The Morgan fingerprint density at radius 1 is 1.09 bits per heavy atom. The molecule has 32 heavy (non-hydrogen) atoms. The van der Waals surface area contributed by atoms with Gasteiger partial charge >= 0.3 is 5.97 Å². The van der Waals surface area contributed by atoms with Gasteiger partial charge in [-0.15, -0.1) is 0 Å². The molecule has 1 aliphatic heterocycles. The van der Waals surface area contributed by atoms with Gasteiger partial charge in [0.1, 0.15) is 11.3 Å². The van der Waals surface area contributed by atoms with E-state index in [0.717, 1.165) is 18.5 Å². The van der Waals surface area contributed by atoms with Crippen LogP contribution < -0.4 is 0 Å². The average Bonchev–Trinajstić information content (AvgIpc) is 3.53. The quantitative estimate of drug-likeness (QED) is 0.504. The van der Waals surface area contributed by atoms with Crippen LogP contribution in [-0.2, 0) is 10.2 Å². The Hall–Kier alpha value is -3.94. The molecule has 8 heteroatoms. The van der Waals surface area contributed by atoms with Crippen molar-refractivity contribution in [2.24, 2.45) is 0 Å². The second kappa shape index (κ2) is 7.96. The Bertz CT molecular complexity index is 1260. The van der Waals surface area contributed by atoms with Gasteiger partial charge in [0.05, 0.1) is 18.4 Å². The molecular weight excluding hydrogens is 406 g/mol. The summed E-state index contributed by atoms with van der Waals surface area (Å²) in [6, 6.07) is 15.5. The van der Waals surface area contributed by atoms with E-state index >= 15 is 0 Å². The van der Waals surface area contributed by atoms with Crippen LogP contribution in [0, 0.1) is 0 Å². The zero-order valence-corrected chi connectivity index (χ0v) is 17.7.